The van der Waals surface area contributed by atoms with E-state index in [1.54, 1.807) is 0 Å². The number of amides is 2. The SMILES string of the molecule is O=C1Nc2cc(CCl)c(Br)cc2C(C#CC2CC2)(C(F)(F)F)N1. The molecule has 3 rings (SSSR count). The summed E-state index contributed by atoms with van der Waals surface area (Å²) < 4.78 is 42.0. The van der Waals surface area contributed by atoms with Crippen molar-refractivity contribution >= 4 is 39.2 Å². The summed E-state index contributed by atoms with van der Waals surface area (Å²) in [5.74, 6) is 4.99. The van der Waals surface area contributed by atoms with E-state index in [0.717, 1.165) is 12.8 Å². The number of anilines is 1. The largest absolute Gasteiger partial charge is 0.427 e. The maximum atomic E-state index is 13.8. The van der Waals surface area contributed by atoms with Gasteiger partial charge in [-0.15, -0.1) is 11.6 Å². The van der Waals surface area contributed by atoms with Gasteiger partial charge in [-0.1, -0.05) is 27.8 Å². The molecule has 0 bridgehead atoms. The molecule has 0 aromatic heterocycles. The zero-order chi connectivity index (χ0) is 16.8. The fraction of sp³-hybridized carbons (Fsp3) is 0.400. The van der Waals surface area contributed by atoms with Crippen molar-refractivity contribution in [3.05, 3.63) is 27.7 Å². The minimum Gasteiger partial charge on any atom is -0.310 e. The Morgan fingerprint density at radius 2 is 2.09 bits per heavy atom. The summed E-state index contributed by atoms with van der Waals surface area (Å²) in [5, 5.41) is 4.37. The van der Waals surface area contributed by atoms with E-state index < -0.39 is 17.7 Å². The number of carbonyl (C=O) groups excluding carboxylic acids is 1. The van der Waals surface area contributed by atoms with Crippen molar-refractivity contribution < 1.29 is 18.0 Å². The summed E-state index contributed by atoms with van der Waals surface area (Å²) in [5.41, 5.74) is -2.21. The lowest BCUT2D eigenvalue weighted by molar-refractivity contribution is -0.178. The van der Waals surface area contributed by atoms with Gasteiger partial charge in [-0.25, -0.2) is 4.79 Å². The molecule has 2 amide bonds. The predicted molar refractivity (Wildman–Crippen MR) is 84.1 cm³/mol. The molecule has 1 saturated carbocycles. The maximum Gasteiger partial charge on any atom is 0.427 e. The molecule has 23 heavy (non-hydrogen) atoms. The third kappa shape index (κ3) is 2.90. The van der Waals surface area contributed by atoms with Gasteiger partial charge in [0, 0.05) is 27.5 Å². The molecule has 2 N–H and O–H groups in total. The fourth-order valence-electron chi connectivity index (χ4n) is 2.36. The van der Waals surface area contributed by atoms with E-state index in [1.807, 2.05) is 5.32 Å². The molecule has 1 heterocycles. The van der Waals surface area contributed by atoms with Gasteiger partial charge >= 0.3 is 12.2 Å². The highest BCUT2D eigenvalue weighted by atomic mass is 79.9. The summed E-state index contributed by atoms with van der Waals surface area (Å²) in [7, 11) is 0. The first kappa shape index (κ1) is 16.5. The zero-order valence-electron chi connectivity index (χ0n) is 11.7. The van der Waals surface area contributed by atoms with Crippen LogP contribution in [0.1, 0.15) is 24.0 Å². The molecule has 1 aromatic carbocycles. The molecule has 0 spiro atoms. The first-order valence-electron chi connectivity index (χ1n) is 6.84. The lowest BCUT2D eigenvalue weighted by atomic mass is 9.86. The Morgan fingerprint density at radius 1 is 1.39 bits per heavy atom. The summed E-state index contributed by atoms with van der Waals surface area (Å²) in [6.07, 6.45) is -3.19. The van der Waals surface area contributed by atoms with Gasteiger partial charge in [0.2, 0.25) is 5.54 Å². The highest BCUT2D eigenvalue weighted by Gasteiger charge is 2.59. The van der Waals surface area contributed by atoms with Gasteiger partial charge in [0.25, 0.3) is 0 Å². The number of halogens is 5. The number of carbonyl (C=O) groups is 1. The Bertz CT molecular complexity index is 737. The molecular formula is C15H11BrClF3N2O. The Kier molecular flexibility index (Phi) is 4.01. The van der Waals surface area contributed by atoms with Gasteiger partial charge in [-0.3, -0.25) is 0 Å². The summed E-state index contributed by atoms with van der Waals surface area (Å²) >= 11 is 9.00. The van der Waals surface area contributed by atoms with Crippen LogP contribution < -0.4 is 10.6 Å². The molecular weight excluding hydrogens is 397 g/mol. The molecule has 1 fully saturated rings. The Balaban J connectivity index is 2.23. The average Bonchev–Trinajstić information content (AvgIpc) is 3.27. The standard InChI is InChI=1S/C15H11BrClF3N2O/c16-11-6-10-12(5-9(11)7-17)21-13(23)22-14(10,15(18,19)20)4-3-8-1-2-8/h5-6,8H,1-2,7H2,(H2,21,22,23). The van der Waals surface area contributed by atoms with Crippen molar-refractivity contribution in [1.82, 2.24) is 5.32 Å². The van der Waals surface area contributed by atoms with Crippen molar-refractivity contribution in [2.75, 3.05) is 5.32 Å². The predicted octanol–water partition coefficient (Wildman–Crippen LogP) is 4.49. The molecule has 1 atom stereocenters. The second-order valence-corrected chi connectivity index (χ2v) is 6.61. The van der Waals surface area contributed by atoms with E-state index in [4.69, 9.17) is 11.6 Å². The third-order valence-corrected chi connectivity index (χ3v) is 4.78. The molecule has 3 nitrogen and oxygen atoms in total. The highest BCUT2D eigenvalue weighted by Crippen LogP contribution is 2.46. The lowest BCUT2D eigenvalue weighted by Gasteiger charge is -2.37. The lowest BCUT2D eigenvalue weighted by Crippen LogP contribution is -2.59. The molecule has 8 heteroatoms. The average molecular weight is 408 g/mol. The van der Waals surface area contributed by atoms with Gasteiger partial charge in [-0.05, 0) is 30.5 Å². The number of hydrogen-bond acceptors (Lipinski definition) is 1. The second-order valence-electron chi connectivity index (χ2n) is 5.49. The van der Waals surface area contributed by atoms with Crippen molar-refractivity contribution in [2.45, 2.75) is 30.4 Å². The van der Waals surface area contributed by atoms with E-state index in [0.29, 0.717) is 10.0 Å². The molecule has 122 valence electrons. The summed E-state index contributed by atoms with van der Waals surface area (Å²) in [4.78, 5) is 11.8. The van der Waals surface area contributed by atoms with E-state index in [2.05, 4.69) is 33.1 Å². The van der Waals surface area contributed by atoms with Crippen LogP contribution in [0.3, 0.4) is 0 Å². The van der Waals surface area contributed by atoms with Gasteiger partial charge in [0.1, 0.15) is 0 Å². The van der Waals surface area contributed by atoms with Crippen LogP contribution in [0.2, 0.25) is 0 Å². The third-order valence-electron chi connectivity index (χ3n) is 3.75. The second kappa shape index (κ2) is 5.60. The summed E-state index contributed by atoms with van der Waals surface area (Å²) in [6.45, 7) is 0. The fourth-order valence-corrected chi connectivity index (χ4v) is 3.22. The Morgan fingerprint density at radius 3 is 2.65 bits per heavy atom. The van der Waals surface area contributed by atoms with Gasteiger partial charge in [0.15, 0.2) is 0 Å². The molecule has 2 aliphatic rings. The van der Waals surface area contributed by atoms with Crippen LogP contribution in [0.25, 0.3) is 0 Å². The van der Waals surface area contributed by atoms with Crippen LogP contribution in [0, 0.1) is 17.8 Å². The van der Waals surface area contributed by atoms with Crippen molar-refractivity contribution in [1.29, 1.82) is 0 Å². The number of alkyl halides is 4. The molecule has 0 saturated heterocycles. The first-order chi connectivity index (χ1) is 10.8. The number of fused-ring (bicyclic) bond motifs is 1. The number of benzene rings is 1. The van der Waals surface area contributed by atoms with Crippen LogP contribution >= 0.6 is 27.5 Å². The highest BCUT2D eigenvalue weighted by molar-refractivity contribution is 9.10. The molecule has 0 radical (unpaired) electrons. The Hall–Kier alpha value is -1.39. The van der Waals surface area contributed by atoms with Gasteiger partial charge in [0.05, 0.1) is 0 Å². The van der Waals surface area contributed by atoms with Gasteiger partial charge < -0.3 is 10.6 Å². The van der Waals surface area contributed by atoms with E-state index in [9.17, 15) is 18.0 Å². The minimum absolute atomic E-state index is 0.0324. The molecule has 1 aliphatic heterocycles. The summed E-state index contributed by atoms with van der Waals surface area (Å²) in [6, 6.07) is 1.81. The first-order valence-corrected chi connectivity index (χ1v) is 8.17. The van der Waals surface area contributed by atoms with Crippen LogP contribution in [-0.2, 0) is 11.4 Å². The number of nitrogens with one attached hydrogen (secondary N) is 2. The van der Waals surface area contributed by atoms with Crippen LogP contribution in [0.5, 0.6) is 0 Å². The van der Waals surface area contributed by atoms with Crippen molar-refractivity contribution in [3.63, 3.8) is 0 Å². The number of hydrogen-bond donors (Lipinski definition) is 2. The topological polar surface area (TPSA) is 41.1 Å². The van der Waals surface area contributed by atoms with E-state index in [-0.39, 0.29) is 23.0 Å². The molecule has 1 aromatic rings. The van der Waals surface area contributed by atoms with Crippen molar-refractivity contribution in [3.8, 4) is 11.8 Å². The van der Waals surface area contributed by atoms with E-state index in [1.165, 1.54) is 12.1 Å². The Labute approximate surface area is 144 Å². The van der Waals surface area contributed by atoms with Crippen molar-refractivity contribution in [2.24, 2.45) is 5.92 Å². The molecule has 1 unspecified atom stereocenters. The quantitative estimate of drug-likeness (QED) is 0.522. The monoisotopic (exact) mass is 406 g/mol. The molecule has 1 aliphatic carbocycles. The maximum absolute atomic E-state index is 13.8. The smallest absolute Gasteiger partial charge is 0.310 e. The normalized spacial score (nSPS) is 23.3. The van der Waals surface area contributed by atoms with Crippen LogP contribution in [-0.4, -0.2) is 12.2 Å². The zero-order valence-corrected chi connectivity index (χ0v) is 14.0. The van der Waals surface area contributed by atoms with E-state index >= 15 is 0 Å². The van der Waals surface area contributed by atoms with Crippen LogP contribution in [0.4, 0.5) is 23.7 Å². The minimum atomic E-state index is -4.76. The van der Waals surface area contributed by atoms with Gasteiger partial charge in [-0.2, -0.15) is 13.2 Å². The number of urea groups is 1. The van der Waals surface area contributed by atoms with Crippen LogP contribution in [0.15, 0.2) is 16.6 Å². The number of rotatable bonds is 1.